The van der Waals surface area contributed by atoms with Crippen molar-refractivity contribution in [1.29, 1.82) is 5.26 Å². The van der Waals surface area contributed by atoms with E-state index in [9.17, 15) is 0 Å². The fraction of sp³-hybridized carbons (Fsp3) is 0.240. The van der Waals surface area contributed by atoms with Crippen LogP contribution in [0.5, 0.6) is 0 Å². The first-order chi connectivity index (χ1) is 13.4. The van der Waals surface area contributed by atoms with Gasteiger partial charge in [0.15, 0.2) is 5.54 Å². The number of rotatable bonds is 9. The number of unbranched alkanes of at least 4 members (excludes halogenated alkanes) is 3. The molecule has 136 valence electrons. The Morgan fingerprint density at radius 2 is 1.07 bits per heavy atom. The van der Waals surface area contributed by atoms with Crippen LogP contribution in [0, 0.1) is 11.3 Å². The van der Waals surface area contributed by atoms with Crippen LogP contribution in [0.25, 0.3) is 0 Å². The van der Waals surface area contributed by atoms with E-state index in [1.165, 1.54) is 16.7 Å². The zero-order valence-corrected chi connectivity index (χ0v) is 15.7. The second kappa shape index (κ2) is 9.71. The van der Waals surface area contributed by atoms with E-state index in [0.29, 0.717) is 6.42 Å². The van der Waals surface area contributed by atoms with E-state index in [4.69, 9.17) is 5.26 Å². The average Bonchev–Trinajstić information content (AvgIpc) is 2.75. The molecule has 27 heavy (non-hydrogen) atoms. The molecule has 2 N–H and O–H groups in total. The van der Waals surface area contributed by atoms with Crippen LogP contribution < -0.4 is 5.32 Å². The zero-order valence-electron chi connectivity index (χ0n) is 15.7. The third-order valence-corrected chi connectivity index (χ3v) is 5.13. The summed E-state index contributed by atoms with van der Waals surface area (Å²) in [5, 5.41) is 11.2. The molecule has 0 bridgehead atoms. The van der Waals surface area contributed by atoms with Crippen LogP contribution in [0.15, 0.2) is 91.0 Å². The Morgan fingerprint density at radius 1 is 0.630 bits per heavy atom. The third-order valence-electron chi connectivity index (χ3n) is 5.13. The Bertz CT molecular complexity index is 739. The summed E-state index contributed by atoms with van der Waals surface area (Å²) in [6.07, 6.45) is 3.84. The molecule has 3 rings (SSSR count). The van der Waals surface area contributed by atoms with Crippen molar-refractivity contribution >= 4 is 0 Å². The fourth-order valence-corrected chi connectivity index (χ4v) is 3.80. The van der Waals surface area contributed by atoms with Gasteiger partial charge in [0.2, 0.25) is 0 Å². The molecule has 0 aliphatic heterocycles. The van der Waals surface area contributed by atoms with Gasteiger partial charge >= 0.3 is 0 Å². The van der Waals surface area contributed by atoms with Gasteiger partial charge in [-0.3, -0.25) is 0 Å². The molecule has 0 aliphatic rings. The summed E-state index contributed by atoms with van der Waals surface area (Å²) in [5.41, 5.74) is 3.61. The van der Waals surface area contributed by atoms with Gasteiger partial charge in [0.1, 0.15) is 0 Å². The first kappa shape index (κ1) is 18.9. The van der Waals surface area contributed by atoms with Crippen molar-refractivity contribution in [2.24, 2.45) is 0 Å². The van der Waals surface area contributed by atoms with Gasteiger partial charge in [0, 0.05) is 23.1 Å². The minimum atomic E-state index is -0.265. The van der Waals surface area contributed by atoms with Crippen LogP contribution >= 0.6 is 0 Å². The number of hydrogen-bond acceptors (Lipinski definition) is 1. The topological polar surface area (TPSA) is 40.4 Å². The lowest BCUT2D eigenvalue weighted by Gasteiger charge is -2.33. The van der Waals surface area contributed by atoms with E-state index in [-0.39, 0.29) is 5.54 Å². The van der Waals surface area contributed by atoms with Crippen LogP contribution in [0.2, 0.25) is 0 Å². The highest BCUT2D eigenvalue weighted by Gasteiger charge is 2.39. The van der Waals surface area contributed by atoms with Gasteiger partial charge < -0.3 is 5.32 Å². The van der Waals surface area contributed by atoms with Crippen molar-refractivity contribution in [2.45, 2.75) is 31.2 Å². The Morgan fingerprint density at radius 3 is 1.48 bits per heavy atom. The monoisotopic (exact) mass is 355 g/mol. The van der Waals surface area contributed by atoms with Crippen molar-refractivity contribution < 1.29 is 5.32 Å². The normalized spacial score (nSPS) is 11.1. The summed E-state index contributed by atoms with van der Waals surface area (Å²) >= 11 is 0. The zero-order chi connectivity index (χ0) is 18.8. The number of nitrogens with zero attached hydrogens (tertiary/aromatic N) is 1. The maximum Gasteiger partial charge on any atom is 0.173 e. The number of nitriles is 1. The fourth-order valence-electron chi connectivity index (χ4n) is 3.80. The standard InChI is InChI=1S/C25H26N2/c26-20-12-1-2-13-21-27-25(22-14-6-3-7-15-22,23-16-8-4-9-17-23)24-18-10-5-11-19-24/h3-11,14-19,27H,1-2,12-13,21H2/p+1. The third kappa shape index (κ3) is 4.45. The van der Waals surface area contributed by atoms with E-state index in [2.05, 4.69) is 102 Å². The van der Waals surface area contributed by atoms with Gasteiger partial charge in [-0.15, -0.1) is 0 Å². The van der Waals surface area contributed by atoms with E-state index in [1.807, 2.05) is 0 Å². The highest BCUT2D eigenvalue weighted by molar-refractivity contribution is 5.46. The molecule has 3 aromatic carbocycles. The largest absolute Gasteiger partial charge is 0.330 e. The van der Waals surface area contributed by atoms with Gasteiger partial charge in [-0.05, 0) is 19.3 Å². The smallest absolute Gasteiger partial charge is 0.173 e. The minimum absolute atomic E-state index is 0.265. The summed E-state index contributed by atoms with van der Waals surface area (Å²) in [6.45, 7) is 1.02. The second-order valence-electron chi connectivity index (χ2n) is 6.87. The summed E-state index contributed by atoms with van der Waals surface area (Å²) in [5.74, 6) is 0. The van der Waals surface area contributed by atoms with Crippen LogP contribution in [-0.4, -0.2) is 6.54 Å². The summed E-state index contributed by atoms with van der Waals surface area (Å²) in [7, 11) is 0. The van der Waals surface area contributed by atoms with Gasteiger partial charge in [-0.1, -0.05) is 91.0 Å². The van der Waals surface area contributed by atoms with Crippen LogP contribution in [0.1, 0.15) is 42.4 Å². The molecule has 0 amide bonds. The number of hydrogen-bond donors (Lipinski definition) is 1. The highest BCUT2D eigenvalue weighted by atomic mass is 15.0. The van der Waals surface area contributed by atoms with E-state index >= 15 is 0 Å². The van der Waals surface area contributed by atoms with Crippen molar-refractivity contribution in [3.63, 3.8) is 0 Å². The van der Waals surface area contributed by atoms with Crippen LogP contribution in [0.4, 0.5) is 0 Å². The first-order valence-electron chi connectivity index (χ1n) is 9.76. The van der Waals surface area contributed by atoms with Gasteiger partial charge in [0.25, 0.3) is 0 Å². The molecule has 0 heterocycles. The SMILES string of the molecule is N#CCCCCC[NH2+]C(c1ccccc1)(c1ccccc1)c1ccccc1. The molecule has 0 fully saturated rings. The maximum atomic E-state index is 8.74. The lowest BCUT2D eigenvalue weighted by molar-refractivity contribution is -0.716. The van der Waals surface area contributed by atoms with E-state index in [0.717, 1.165) is 25.8 Å². The molecule has 0 saturated heterocycles. The molecule has 0 atom stereocenters. The molecule has 2 heteroatoms. The van der Waals surface area contributed by atoms with Crippen LogP contribution in [-0.2, 0) is 5.54 Å². The molecule has 0 aromatic heterocycles. The molecular weight excluding hydrogens is 328 g/mol. The predicted molar refractivity (Wildman–Crippen MR) is 110 cm³/mol. The Balaban J connectivity index is 2.00. The van der Waals surface area contributed by atoms with Gasteiger partial charge in [0.05, 0.1) is 12.6 Å². The number of quaternary nitrogens is 1. The summed E-state index contributed by atoms with van der Waals surface area (Å²) < 4.78 is 0. The minimum Gasteiger partial charge on any atom is -0.330 e. The molecular formula is C25H27N2+. The van der Waals surface area contributed by atoms with Crippen molar-refractivity contribution in [3.8, 4) is 6.07 Å². The highest BCUT2D eigenvalue weighted by Crippen LogP contribution is 2.32. The second-order valence-corrected chi connectivity index (χ2v) is 6.87. The Labute approximate surface area is 162 Å². The van der Waals surface area contributed by atoms with Crippen molar-refractivity contribution in [3.05, 3.63) is 108 Å². The molecule has 2 nitrogen and oxygen atoms in total. The van der Waals surface area contributed by atoms with E-state index in [1.54, 1.807) is 0 Å². The van der Waals surface area contributed by atoms with Crippen LogP contribution in [0.3, 0.4) is 0 Å². The molecule has 0 saturated carbocycles. The summed E-state index contributed by atoms with van der Waals surface area (Å²) in [4.78, 5) is 0. The number of nitrogens with two attached hydrogens (primary N) is 1. The van der Waals surface area contributed by atoms with Crippen molar-refractivity contribution in [2.75, 3.05) is 6.54 Å². The molecule has 0 unspecified atom stereocenters. The average molecular weight is 356 g/mol. The Kier molecular flexibility index (Phi) is 6.79. The molecule has 0 aliphatic carbocycles. The maximum absolute atomic E-state index is 8.74. The predicted octanol–water partition coefficient (Wildman–Crippen LogP) is 4.63. The van der Waals surface area contributed by atoms with Gasteiger partial charge in [-0.2, -0.15) is 5.26 Å². The summed E-state index contributed by atoms with van der Waals surface area (Å²) in [6, 6.07) is 34.6. The lowest BCUT2D eigenvalue weighted by Crippen LogP contribution is -2.95. The lowest BCUT2D eigenvalue weighted by atomic mass is 9.77. The molecule has 3 aromatic rings. The quantitative estimate of drug-likeness (QED) is 0.441. The molecule has 0 radical (unpaired) electrons. The molecule has 0 spiro atoms. The number of benzene rings is 3. The van der Waals surface area contributed by atoms with Gasteiger partial charge in [-0.25, -0.2) is 0 Å². The first-order valence-corrected chi connectivity index (χ1v) is 9.76. The van der Waals surface area contributed by atoms with E-state index < -0.39 is 0 Å². The Hall–Kier alpha value is -2.89. The van der Waals surface area contributed by atoms with Crippen molar-refractivity contribution in [1.82, 2.24) is 0 Å².